The topological polar surface area (TPSA) is 48.1 Å². The SMILES string of the molecule is CN(C)c1cccc(C(=O)Nc2ccccc2-c2cc3ccccc3[nH]2)c1. The minimum atomic E-state index is -0.123. The van der Waals surface area contributed by atoms with E-state index in [1.165, 1.54) is 0 Å². The molecule has 0 bridgehead atoms. The highest BCUT2D eigenvalue weighted by atomic mass is 16.1. The molecule has 0 fully saturated rings. The predicted molar refractivity (Wildman–Crippen MR) is 112 cm³/mol. The lowest BCUT2D eigenvalue weighted by Gasteiger charge is -2.14. The van der Waals surface area contributed by atoms with E-state index in [0.717, 1.165) is 33.5 Å². The first-order valence-electron chi connectivity index (χ1n) is 8.88. The number of H-pyrrole nitrogens is 1. The van der Waals surface area contributed by atoms with Gasteiger partial charge >= 0.3 is 0 Å². The Labute approximate surface area is 158 Å². The van der Waals surface area contributed by atoms with Gasteiger partial charge in [0.15, 0.2) is 0 Å². The van der Waals surface area contributed by atoms with Crippen molar-refractivity contribution in [3.05, 3.63) is 84.4 Å². The van der Waals surface area contributed by atoms with Gasteiger partial charge in [-0.25, -0.2) is 0 Å². The highest BCUT2D eigenvalue weighted by Gasteiger charge is 2.12. The van der Waals surface area contributed by atoms with Gasteiger partial charge in [-0.1, -0.05) is 42.5 Å². The molecule has 27 heavy (non-hydrogen) atoms. The van der Waals surface area contributed by atoms with Crippen LogP contribution in [0, 0.1) is 0 Å². The quantitative estimate of drug-likeness (QED) is 0.532. The van der Waals surface area contributed by atoms with Crippen LogP contribution in [0.15, 0.2) is 78.9 Å². The summed E-state index contributed by atoms with van der Waals surface area (Å²) >= 11 is 0. The second-order valence-electron chi connectivity index (χ2n) is 6.71. The van der Waals surface area contributed by atoms with Crippen molar-refractivity contribution in [2.75, 3.05) is 24.3 Å². The maximum absolute atomic E-state index is 12.8. The number of benzene rings is 3. The Hall–Kier alpha value is -3.53. The lowest BCUT2D eigenvalue weighted by atomic mass is 10.1. The zero-order valence-electron chi connectivity index (χ0n) is 15.4. The molecule has 4 nitrogen and oxygen atoms in total. The second kappa shape index (κ2) is 7.00. The highest BCUT2D eigenvalue weighted by molar-refractivity contribution is 6.07. The minimum absolute atomic E-state index is 0.123. The molecular formula is C23H21N3O. The standard InChI is InChI=1S/C23H21N3O/c1-26(2)18-10-7-9-17(14-18)23(27)25-21-13-6-4-11-19(21)22-15-16-8-3-5-12-20(16)24-22/h3-15,24H,1-2H3,(H,25,27). The molecule has 1 aromatic heterocycles. The van der Waals surface area contributed by atoms with Gasteiger partial charge in [0.25, 0.3) is 5.91 Å². The summed E-state index contributed by atoms with van der Waals surface area (Å²) in [7, 11) is 3.92. The Morgan fingerprint density at radius 2 is 1.67 bits per heavy atom. The molecule has 4 aromatic rings. The number of carbonyl (C=O) groups is 1. The van der Waals surface area contributed by atoms with Crippen LogP contribution < -0.4 is 10.2 Å². The van der Waals surface area contributed by atoms with Gasteiger partial charge in [0, 0.05) is 47.5 Å². The molecule has 0 aliphatic rings. The van der Waals surface area contributed by atoms with E-state index in [-0.39, 0.29) is 5.91 Å². The molecule has 0 saturated carbocycles. The molecule has 134 valence electrons. The summed E-state index contributed by atoms with van der Waals surface area (Å²) in [6.45, 7) is 0. The van der Waals surface area contributed by atoms with Crippen LogP contribution in [0.3, 0.4) is 0 Å². The Morgan fingerprint density at radius 3 is 2.48 bits per heavy atom. The van der Waals surface area contributed by atoms with Gasteiger partial charge in [0.05, 0.1) is 5.69 Å². The van der Waals surface area contributed by atoms with Crippen molar-refractivity contribution in [3.8, 4) is 11.3 Å². The second-order valence-corrected chi connectivity index (χ2v) is 6.71. The fraction of sp³-hybridized carbons (Fsp3) is 0.0870. The van der Waals surface area contributed by atoms with Gasteiger partial charge in [-0.3, -0.25) is 4.79 Å². The van der Waals surface area contributed by atoms with E-state index in [0.29, 0.717) is 5.56 Å². The van der Waals surface area contributed by atoms with Gasteiger partial charge in [0.2, 0.25) is 0 Å². The molecule has 0 spiro atoms. The fourth-order valence-electron chi connectivity index (χ4n) is 3.17. The number of anilines is 2. The van der Waals surface area contributed by atoms with Gasteiger partial charge < -0.3 is 15.2 Å². The summed E-state index contributed by atoms with van der Waals surface area (Å²) < 4.78 is 0. The molecule has 2 N–H and O–H groups in total. The lowest BCUT2D eigenvalue weighted by molar-refractivity contribution is 0.102. The van der Waals surface area contributed by atoms with Crippen LogP contribution in [0.5, 0.6) is 0 Å². The lowest BCUT2D eigenvalue weighted by Crippen LogP contribution is -2.14. The van der Waals surface area contributed by atoms with Crippen molar-refractivity contribution in [3.63, 3.8) is 0 Å². The smallest absolute Gasteiger partial charge is 0.255 e. The maximum atomic E-state index is 12.8. The fourth-order valence-corrected chi connectivity index (χ4v) is 3.17. The molecule has 0 aliphatic heterocycles. The van der Waals surface area contributed by atoms with Crippen LogP contribution in [0.25, 0.3) is 22.2 Å². The van der Waals surface area contributed by atoms with Gasteiger partial charge in [-0.15, -0.1) is 0 Å². The molecule has 4 heteroatoms. The average molecular weight is 355 g/mol. The van der Waals surface area contributed by atoms with Crippen molar-refractivity contribution >= 4 is 28.2 Å². The molecule has 0 unspecified atom stereocenters. The van der Waals surface area contributed by atoms with Crippen molar-refractivity contribution in [2.24, 2.45) is 0 Å². The number of carbonyl (C=O) groups excluding carboxylic acids is 1. The Morgan fingerprint density at radius 1 is 0.889 bits per heavy atom. The number of hydrogen-bond donors (Lipinski definition) is 2. The largest absolute Gasteiger partial charge is 0.378 e. The van der Waals surface area contributed by atoms with Gasteiger partial charge in [-0.05, 0) is 36.4 Å². The number of nitrogens with one attached hydrogen (secondary N) is 2. The van der Waals surface area contributed by atoms with E-state index >= 15 is 0 Å². The van der Waals surface area contributed by atoms with E-state index in [2.05, 4.69) is 22.4 Å². The highest BCUT2D eigenvalue weighted by Crippen LogP contribution is 2.30. The number of aromatic nitrogens is 1. The van der Waals surface area contributed by atoms with Crippen LogP contribution in [0.4, 0.5) is 11.4 Å². The van der Waals surface area contributed by atoms with Crippen LogP contribution >= 0.6 is 0 Å². The number of aromatic amines is 1. The zero-order chi connectivity index (χ0) is 18.8. The van der Waals surface area contributed by atoms with E-state index in [1.54, 1.807) is 0 Å². The van der Waals surface area contributed by atoms with Crippen LogP contribution in [-0.4, -0.2) is 25.0 Å². The number of nitrogens with zero attached hydrogens (tertiary/aromatic N) is 1. The first-order valence-corrected chi connectivity index (χ1v) is 8.88. The maximum Gasteiger partial charge on any atom is 0.255 e. The van der Waals surface area contributed by atoms with Crippen LogP contribution in [0.1, 0.15) is 10.4 Å². The summed E-state index contributed by atoms with van der Waals surface area (Å²) in [6.07, 6.45) is 0. The third-order valence-corrected chi connectivity index (χ3v) is 4.62. The molecule has 4 rings (SSSR count). The molecular weight excluding hydrogens is 334 g/mol. The molecule has 0 saturated heterocycles. The minimum Gasteiger partial charge on any atom is -0.378 e. The van der Waals surface area contributed by atoms with E-state index in [9.17, 15) is 4.79 Å². The number of hydrogen-bond acceptors (Lipinski definition) is 2. The predicted octanol–water partition coefficient (Wildman–Crippen LogP) is 5.15. The molecule has 3 aromatic carbocycles. The number of rotatable bonds is 4. The van der Waals surface area contributed by atoms with E-state index < -0.39 is 0 Å². The normalized spacial score (nSPS) is 10.7. The van der Waals surface area contributed by atoms with Crippen molar-refractivity contribution in [1.29, 1.82) is 0 Å². The molecule has 0 aliphatic carbocycles. The Kier molecular flexibility index (Phi) is 4.38. The van der Waals surface area contributed by atoms with Crippen LogP contribution in [0.2, 0.25) is 0 Å². The van der Waals surface area contributed by atoms with Gasteiger partial charge in [0.1, 0.15) is 0 Å². The van der Waals surface area contributed by atoms with Crippen LogP contribution in [-0.2, 0) is 0 Å². The number of fused-ring (bicyclic) bond motifs is 1. The average Bonchev–Trinajstić information content (AvgIpc) is 3.12. The van der Waals surface area contributed by atoms with Crippen molar-refractivity contribution in [2.45, 2.75) is 0 Å². The Bertz CT molecular complexity index is 1080. The van der Waals surface area contributed by atoms with E-state index in [4.69, 9.17) is 0 Å². The van der Waals surface area contributed by atoms with Crippen molar-refractivity contribution in [1.82, 2.24) is 4.98 Å². The summed E-state index contributed by atoms with van der Waals surface area (Å²) in [5.74, 6) is -0.123. The molecule has 0 radical (unpaired) electrons. The Balaban J connectivity index is 1.67. The number of para-hydroxylation sites is 2. The van der Waals surface area contributed by atoms with E-state index in [1.807, 2.05) is 85.7 Å². The third-order valence-electron chi connectivity index (χ3n) is 4.62. The molecule has 1 heterocycles. The first kappa shape index (κ1) is 16.9. The van der Waals surface area contributed by atoms with Crippen molar-refractivity contribution < 1.29 is 4.79 Å². The summed E-state index contributed by atoms with van der Waals surface area (Å²) in [5.41, 5.74) is 5.43. The molecule has 1 amide bonds. The first-order chi connectivity index (χ1) is 13.1. The summed E-state index contributed by atoms with van der Waals surface area (Å²) in [6, 6.07) is 25.7. The summed E-state index contributed by atoms with van der Waals surface area (Å²) in [5, 5.41) is 4.20. The third kappa shape index (κ3) is 3.42. The number of amides is 1. The monoisotopic (exact) mass is 355 g/mol. The van der Waals surface area contributed by atoms with Gasteiger partial charge in [-0.2, -0.15) is 0 Å². The molecule has 0 atom stereocenters. The zero-order valence-corrected chi connectivity index (χ0v) is 15.4. The summed E-state index contributed by atoms with van der Waals surface area (Å²) in [4.78, 5) is 18.2.